The lowest BCUT2D eigenvalue weighted by Gasteiger charge is -2.19. The van der Waals surface area contributed by atoms with Crippen LogP contribution in [0.3, 0.4) is 0 Å². The van der Waals surface area contributed by atoms with Gasteiger partial charge >= 0.3 is 0 Å². The lowest BCUT2D eigenvalue weighted by Crippen LogP contribution is -2.15. The van der Waals surface area contributed by atoms with Gasteiger partial charge in [-0.1, -0.05) is 194 Å². The summed E-state index contributed by atoms with van der Waals surface area (Å²) in [6, 6.07) is 9.21. The third-order valence-corrected chi connectivity index (χ3v) is 11.2. The summed E-state index contributed by atoms with van der Waals surface area (Å²) in [5, 5.41) is 6.66. The van der Waals surface area contributed by atoms with E-state index in [9.17, 15) is 9.59 Å². The van der Waals surface area contributed by atoms with E-state index in [4.69, 9.17) is 0 Å². The SMILES string of the molecule is CCCCCCCCCCCCCC(=O)Nc1c(CC)cc(Cc2cc(CC)c(NC(=O)CCCCCCCCCCCCC)c(CC)c2)cc1CC. The summed E-state index contributed by atoms with van der Waals surface area (Å²) in [6.45, 7) is 13.3. The van der Waals surface area contributed by atoms with Gasteiger partial charge in [0, 0.05) is 24.2 Å². The molecule has 2 rings (SSSR count). The quantitative estimate of drug-likeness (QED) is 0.0736. The highest BCUT2D eigenvalue weighted by Gasteiger charge is 2.16. The van der Waals surface area contributed by atoms with Gasteiger partial charge in [0.1, 0.15) is 0 Å². The van der Waals surface area contributed by atoms with Crippen LogP contribution < -0.4 is 10.6 Å². The van der Waals surface area contributed by atoms with Gasteiger partial charge in [-0.15, -0.1) is 0 Å². The smallest absolute Gasteiger partial charge is 0.224 e. The Morgan fingerprint density at radius 2 is 0.623 bits per heavy atom. The predicted molar refractivity (Wildman–Crippen MR) is 233 cm³/mol. The second kappa shape index (κ2) is 29.7. The first-order valence-corrected chi connectivity index (χ1v) is 22.8. The molecule has 4 heteroatoms. The Hall–Kier alpha value is -2.62. The number of hydrogen-bond donors (Lipinski definition) is 2. The maximum atomic E-state index is 13.0. The maximum Gasteiger partial charge on any atom is 0.224 e. The lowest BCUT2D eigenvalue weighted by molar-refractivity contribution is -0.117. The number of carbonyl (C=O) groups excluding carboxylic acids is 2. The Labute approximate surface area is 327 Å². The molecular weight excluding hydrogens is 649 g/mol. The molecular formula is C49H82N2O2. The number of hydrogen-bond acceptors (Lipinski definition) is 2. The van der Waals surface area contributed by atoms with Crippen molar-refractivity contribution in [3.05, 3.63) is 57.6 Å². The second-order valence-electron chi connectivity index (χ2n) is 15.8. The highest BCUT2D eigenvalue weighted by atomic mass is 16.2. The van der Waals surface area contributed by atoms with E-state index in [0.717, 1.165) is 69.2 Å². The molecule has 0 saturated carbocycles. The van der Waals surface area contributed by atoms with Gasteiger partial charge in [-0.2, -0.15) is 0 Å². The predicted octanol–water partition coefficient (Wildman–Crippen LogP) is 14.8. The van der Waals surface area contributed by atoms with Crippen LogP contribution >= 0.6 is 0 Å². The molecule has 0 atom stereocenters. The molecule has 2 aromatic carbocycles. The summed E-state index contributed by atoms with van der Waals surface area (Å²) in [7, 11) is 0. The number of amides is 2. The summed E-state index contributed by atoms with van der Waals surface area (Å²) in [4.78, 5) is 26.1. The van der Waals surface area contributed by atoms with E-state index in [2.05, 4.69) is 76.4 Å². The summed E-state index contributed by atoms with van der Waals surface area (Å²) < 4.78 is 0. The third-order valence-electron chi connectivity index (χ3n) is 11.2. The molecule has 300 valence electrons. The van der Waals surface area contributed by atoms with Gasteiger partial charge in [0.2, 0.25) is 11.8 Å². The van der Waals surface area contributed by atoms with Crippen LogP contribution in [-0.4, -0.2) is 11.8 Å². The zero-order valence-corrected chi connectivity index (χ0v) is 35.6. The van der Waals surface area contributed by atoms with Crippen molar-refractivity contribution in [3.8, 4) is 0 Å². The molecule has 0 heterocycles. The maximum absolute atomic E-state index is 13.0. The van der Waals surface area contributed by atoms with Crippen LogP contribution in [0.25, 0.3) is 0 Å². The van der Waals surface area contributed by atoms with Crippen LogP contribution in [0.1, 0.15) is 229 Å². The highest BCUT2D eigenvalue weighted by molar-refractivity contribution is 5.93. The molecule has 0 aliphatic rings. The number of rotatable bonds is 32. The first-order valence-electron chi connectivity index (χ1n) is 22.8. The van der Waals surface area contributed by atoms with Crippen LogP contribution in [0.4, 0.5) is 11.4 Å². The lowest BCUT2D eigenvalue weighted by atomic mass is 9.92. The Morgan fingerprint density at radius 3 is 0.868 bits per heavy atom. The number of nitrogens with one attached hydrogen (secondary N) is 2. The van der Waals surface area contributed by atoms with E-state index in [0.29, 0.717) is 12.8 Å². The van der Waals surface area contributed by atoms with Crippen molar-refractivity contribution in [1.82, 2.24) is 0 Å². The molecule has 0 aliphatic carbocycles. The summed E-state index contributed by atoms with van der Waals surface area (Å²) in [5.74, 6) is 0.304. The number of carbonyl (C=O) groups is 2. The molecule has 53 heavy (non-hydrogen) atoms. The van der Waals surface area contributed by atoms with E-state index in [1.54, 1.807) is 0 Å². The summed E-state index contributed by atoms with van der Waals surface area (Å²) in [5.41, 5.74) is 9.55. The normalized spacial score (nSPS) is 11.3. The first kappa shape index (κ1) is 46.5. The molecule has 0 aliphatic heterocycles. The number of unbranched alkanes of at least 4 members (excludes halogenated alkanes) is 20. The molecule has 0 spiro atoms. The van der Waals surface area contributed by atoms with Crippen LogP contribution in [0.2, 0.25) is 0 Å². The summed E-state index contributed by atoms with van der Waals surface area (Å²) in [6.07, 6.45) is 34.0. The van der Waals surface area contributed by atoms with Crippen molar-refractivity contribution in [2.24, 2.45) is 0 Å². The Kier molecular flexibility index (Phi) is 26.1. The fourth-order valence-electron chi connectivity index (χ4n) is 7.86. The van der Waals surface area contributed by atoms with E-state index >= 15 is 0 Å². The van der Waals surface area contributed by atoms with Gasteiger partial charge < -0.3 is 10.6 Å². The average molecular weight is 731 g/mol. The van der Waals surface area contributed by atoms with Crippen molar-refractivity contribution in [2.75, 3.05) is 10.6 Å². The summed E-state index contributed by atoms with van der Waals surface area (Å²) >= 11 is 0. The molecule has 0 unspecified atom stereocenters. The van der Waals surface area contributed by atoms with Gasteiger partial charge in [-0.05, 0) is 78.3 Å². The third kappa shape index (κ3) is 19.5. The Balaban J connectivity index is 1.89. The van der Waals surface area contributed by atoms with Crippen LogP contribution in [0.5, 0.6) is 0 Å². The van der Waals surface area contributed by atoms with E-state index in [-0.39, 0.29) is 11.8 Å². The van der Waals surface area contributed by atoms with Crippen molar-refractivity contribution in [1.29, 1.82) is 0 Å². The molecule has 0 radical (unpaired) electrons. The molecule has 2 aromatic rings. The fraction of sp³-hybridized carbons (Fsp3) is 0.714. The van der Waals surface area contributed by atoms with Gasteiger partial charge in [-0.3, -0.25) is 9.59 Å². The minimum absolute atomic E-state index is 0.152. The van der Waals surface area contributed by atoms with Crippen molar-refractivity contribution in [3.63, 3.8) is 0 Å². The van der Waals surface area contributed by atoms with Crippen molar-refractivity contribution >= 4 is 23.2 Å². The molecule has 2 amide bonds. The molecule has 0 saturated heterocycles. The second-order valence-corrected chi connectivity index (χ2v) is 15.8. The van der Waals surface area contributed by atoms with Gasteiger partial charge in [0.05, 0.1) is 0 Å². The fourth-order valence-corrected chi connectivity index (χ4v) is 7.86. The number of anilines is 2. The highest BCUT2D eigenvalue weighted by Crippen LogP contribution is 2.30. The molecule has 0 fully saturated rings. The molecule has 0 bridgehead atoms. The first-order chi connectivity index (χ1) is 25.9. The van der Waals surface area contributed by atoms with Gasteiger partial charge in [0.15, 0.2) is 0 Å². The molecule has 2 N–H and O–H groups in total. The zero-order chi connectivity index (χ0) is 38.5. The van der Waals surface area contributed by atoms with Gasteiger partial charge in [-0.25, -0.2) is 0 Å². The molecule has 0 aromatic heterocycles. The number of aryl methyl sites for hydroxylation is 4. The van der Waals surface area contributed by atoms with Crippen LogP contribution in [-0.2, 0) is 41.7 Å². The van der Waals surface area contributed by atoms with E-state index in [1.807, 2.05) is 0 Å². The average Bonchev–Trinajstić information content (AvgIpc) is 3.16. The van der Waals surface area contributed by atoms with Crippen molar-refractivity contribution in [2.45, 2.75) is 228 Å². The van der Waals surface area contributed by atoms with Crippen molar-refractivity contribution < 1.29 is 9.59 Å². The standard InChI is InChI=1S/C49H82N2O2/c1-7-13-15-17-19-21-23-25-27-29-31-33-46(52)50-48-42(9-3)36-40(37-43(48)10-4)35-41-38-44(11-5)49(45(12-6)39-41)51-47(53)34-32-30-28-26-24-22-20-18-16-14-8-2/h36-39H,7-35H2,1-6H3,(H,50,52)(H,51,53). The minimum Gasteiger partial charge on any atom is -0.326 e. The monoisotopic (exact) mass is 731 g/mol. The zero-order valence-electron chi connectivity index (χ0n) is 35.6. The van der Waals surface area contributed by atoms with E-state index in [1.165, 1.54) is 149 Å². The van der Waals surface area contributed by atoms with Gasteiger partial charge in [0.25, 0.3) is 0 Å². The molecule has 4 nitrogen and oxygen atoms in total. The Bertz CT molecular complexity index is 1130. The number of benzene rings is 2. The van der Waals surface area contributed by atoms with E-state index < -0.39 is 0 Å². The minimum atomic E-state index is 0.152. The largest absolute Gasteiger partial charge is 0.326 e. The Morgan fingerprint density at radius 1 is 0.377 bits per heavy atom. The van der Waals surface area contributed by atoms with Crippen LogP contribution in [0, 0.1) is 0 Å². The van der Waals surface area contributed by atoms with Crippen LogP contribution in [0.15, 0.2) is 24.3 Å². The topological polar surface area (TPSA) is 58.2 Å².